The van der Waals surface area contributed by atoms with Crippen molar-refractivity contribution in [3.63, 3.8) is 0 Å². The molecule has 8 nitrogen and oxygen atoms in total. The van der Waals surface area contributed by atoms with Crippen LogP contribution in [0.4, 0.5) is 0 Å². The van der Waals surface area contributed by atoms with E-state index in [1.165, 1.54) is 3.97 Å². The van der Waals surface area contributed by atoms with Crippen LogP contribution in [0.3, 0.4) is 0 Å². The van der Waals surface area contributed by atoms with Crippen molar-refractivity contribution in [1.29, 1.82) is 0 Å². The molecule has 3 aromatic rings. The van der Waals surface area contributed by atoms with Crippen LogP contribution < -0.4 is 4.74 Å². The Balaban J connectivity index is 0.000000755. The molecule has 9 heteroatoms. The lowest BCUT2D eigenvalue weighted by Crippen LogP contribution is -2.15. The largest absolute Gasteiger partial charge is 0.493 e. The van der Waals surface area contributed by atoms with Crippen LogP contribution in [-0.2, 0) is 27.7 Å². The van der Waals surface area contributed by atoms with Crippen molar-refractivity contribution in [2.45, 2.75) is 17.7 Å². The molecular formula is C20H23N3O5S. The van der Waals surface area contributed by atoms with E-state index in [4.69, 9.17) is 14.6 Å². The first-order valence-corrected chi connectivity index (χ1v) is 10.5. The van der Waals surface area contributed by atoms with Crippen molar-refractivity contribution >= 4 is 27.5 Å². The highest BCUT2D eigenvalue weighted by Crippen LogP contribution is 2.31. The lowest BCUT2D eigenvalue weighted by atomic mass is 10.2. The molecule has 0 saturated heterocycles. The van der Waals surface area contributed by atoms with Crippen molar-refractivity contribution < 1.29 is 23.1 Å². The van der Waals surface area contributed by atoms with Crippen LogP contribution in [0.1, 0.15) is 11.1 Å². The van der Waals surface area contributed by atoms with Gasteiger partial charge in [-0.05, 0) is 49.8 Å². The number of benzene rings is 1. The van der Waals surface area contributed by atoms with Gasteiger partial charge in [0, 0.05) is 31.4 Å². The van der Waals surface area contributed by atoms with Gasteiger partial charge in [0.05, 0.1) is 22.5 Å². The number of hydrogen-bond acceptors (Lipinski definition) is 6. The van der Waals surface area contributed by atoms with E-state index >= 15 is 0 Å². The Labute approximate surface area is 169 Å². The van der Waals surface area contributed by atoms with Gasteiger partial charge in [0.25, 0.3) is 16.5 Å². The summed E-state index contributed by atoms with van der Waals surface area (Å²) in [5, 5.41) is 6.89. The summed E-state index contributed by atoms with van der Waals surface area (Å²) in [6.45, 7) is 1.17. The zero-order valence-electron chi connectivity index (χ0n) is 16.3. The van der Waals surface area contributed by atoms with Gasteiger partial charge in [-0.1, -0.05) is 6.07 Å². The highest BCUT2D eigenvalue weighted by Gasteiger charge is 2.24. The average molecular weight is 417 g/mol. The van der Waals surface area contributed by atoms with E-state index in [-0.39, 0.29) is 11.4 Å². The Morgan fingerprint density at radius 1 is 1.31 bits per heavy atom. The van der Waals surface area contributed by atoms with Crippen LogP contribution >= 0.6 is 0 Å². The summed E-state index contributed by atoms with van der Waals surface area (Å²) in [5.74, 6) is 0.661. The summed E-state index contributed by atoms with van der Waals surface area (Å²) in [4.78, 5) is 15.1. The number of rotatable bonds is 5. The summed E-state index contributed by atoms with van der Waals surface area (Å²) in [6, 6.07) is 8.68. The number of carbonyl (C=O) groups is 1. The van der Waals surface area contributed by atoms with E-state index in [0.717, 1.165) is 36.0 Å². The number of hydrogen-bond donors (Lipinski definition) is 1. The highest BCUT2D eigenvalue weighted by atomic mass is 32.2. The van der Waals surface area contributed by atoms with E-state index in [0.29, 0.717) is 17.9 Å². The molecule has 0 atom stereocenters. The molecule has 0 spiro atoms. The van der Waals surface area contributed by atoms with E-state index in [9.17, 15) is 8.42 Å². The standard InChI is InChI=1S/C19H21N3O3S.CH2O2/c1-21(2)10-7-15-13-22(17-4-3-9-20-19(15)17)26(23,24)16-6-5-14-8-11-25-18(14)12-16;2-1-3/h3-6,9,12-13H,7-8,10-11H2,1-2H3;1H,(H,2,3). The molecule has 29 heavy (non-hydrogen) atoms. The zero-order chi connectivity index (χ0) is 21.0. The maximum atomic E-state index is 13.3. The van der Waals surface area contributed by atoms with E-state index in [1.54, 1.807) is 36.7 Å². The minimum Gasteiger partial charge on any atom is -0.493 e. The predicted molar refractivity (Wildman–Crippen MR) is 109 cm³/mol. The molecule has 4 rings (SSSR count). The number of likely N-dealkylation sites (N-methyl/N-ethyl adjacent to an activating group) is 1. The lowest BCUT2D eigenvalue weighted by molar-refractivity contribution is -0.122. The van der Waals surface area contributed by atoms with Crippen LogP contribution in [-0.4, -0.2) is 61.1 Å². The Bertz CT molecular complexity index is 1120. The third-order valence-electron chi connectivity index (χ3n) is 4.65. The van der Waals surface area contributed by atoms with Gasteiger partial charge in [-0.25, -0.2) is 12.4 Å². The average Bonchev–Trinajstić information content (AvgIpc) is 3.31. The molecule has 0 amide bonds. The molecule has 0 radical (unpaired) electrons. The molecule has 0 fully saturated rings. The Hall–Kier alpha value is -2.91. The van der Waals surface area contributed by atoms with Gasteiger partial charge in [0.15, 0.2) is 0 Å². The molecule has 0 saturated carbocycles. The van der Waals surface area contributed by atoms with Gasteiger partial charge in [-0.3, -0.25) is 9.78 Å². The van der Waals surface area contributed by atoms with Crippen LogP contribution in [0, 0.1) is 0 Å². The fourth-order valence-electron chi connectivity index (χ4n) is 3.24. The fraction of sp³-hybridized carbons (Fsp3) is 0.300. The van der Waals surface area contributed by atoms with Crippen molar-refractivity contribution in [1.82, 2.24) is 13.9 Å². The molecule has 1 aliphatic heterocycles. The topological polar surface area (TPSA) is 102 Å². The maximum Gasteiger partial charge on any atom is 0.290 e. The number of nitrogens with zero attached hydrogens (tertiary/aromatic N) is 3. The summed E-state index contributed by atoms with van der Waals surface area (Å²) >= 11 is 0. The molecule has 1 aromatic carbocycles. The SMILES string of the molecule is CN(C)CCc1cn(S(=O)(=O)c2ccc3c(c2)OCC3)c2cccnc12.O=CO. The zero-order valence-corrected chi connectivity index (χ0v) is 17.1. The van der Waals surface area contributed by atoms with Crippen molar-refractivity contribution in [2.75, 3.05) is 27.2 Å². The first kappa shape index (κ1) is 20.8. The van der Waals surface area contributed by atoms with Gasteiger partial charge in [0.1, 0.15) is 5.75 Å². The number of ether oxygens (including phenoxy) is 1. The van der Waals surface area contributed by atoms with E-state index < -0.39 is 10.0 Å². The van der Waals surface area contributed by atoms with Gasteiger partial charge < -0.3 is 14.7 Å². The summed E-state index contributed by atoms with van der Waals surface area (Å²) in [7, 11) is 0.266. The molecule has 1 aliphatic rings. The van der Waals surface area contributed by atoms with Crippen LogP contribution in [0.2, 0.25) is 0 Å². The molecule has 2 aromatic heterocycles. The second-order valence-electron chi connectivity index (χ2n) is 6.85. The molecule has 1 N–H and O–H groups in total. The Morgan fingerprint density at radius 2 is 2.07 bits per heavy atom. The van der Waals surface area contributed by atoms with Crippen molar-refractivity contribution in [3.8, 4) is 5.75 Å². The van der Waals surface area contributed by atoms with Crippen molar-refractivity contribution in [3.05, 3.63) is 53.9 Å². The van der Waals surface area contributed by atoms with Gasteiger partial charge in [-0.2, -0.15) is 0 Å². The van der Waals surface area contributed by atoms with E-state index in [1.807, 2.05) is 20.2 Å². The molecule has 0 unspecified atom stereocenters. The molecular weight excluding hydrogens is 394 g/mol. The summed E-state index contributed by atoms with van der Waals surface area (Å²) < 4.78 is 33.4. The third-order valence-corrected chi connectivity index (χ3v) is 6.32. The van der Waals surface area contributed by atoms with Crippen LogP contribution in [0.25, 0.3) is 11.0 Å². The van der Waals surface area contributed by atoms with Gasteiger partial charge in [-0.15, -0.1) is 0 Å². The number of pyridine rings is 1. The van der Waals surface area contributed by atoms with E-state index in [2.05, 4.69) is 9.88 Å². The highest BCUT2D eigenvalue weighted by molar-refractivity contribution is 7.90. The number of aromatic nitrogens is 2. The molecule has 3 heterocycles. The minimum atomic E-state index is -3.72. The predicted octanol–water partition coefficient (Wildman–Crippen LogP) is 2.01. The first-order valence-electron chi connectivity index (χ1n) is 9.07. The second-order valence-corrected chi connectivity index (χ2v) is 8.67. The van der Waals surface area contributed by atoms with Gasteiger partial charge >= 0.3 is 0 Å². The number of fused-ring (bicyclic) bond motifs is 2. The van der Waals surface area contributed by atoms with Crippen LogP contribution in [0.15, 0.2) is 47.6 Å². The third kappa shape index (κ3) is 4.25. The minimum absolute atomic E-state index is 0.234. The Morgan fingerprint density at radius 3 is 2.79 bits per heavy atom. The monoisotopic (exact) mass is 417 g/mol. The molecule has 154 valence electrons. The maximum absolute atomic E-state index is 13.3. The smallest absolute Gasteiger partial charge is 0.290 e. The summed E-state index contributed by atoms with van der Waals surface area (Å²) in [6.07, 6.45) is 4.95. The first-order chi connectivity index (χ1) is 13.9. The second kappa shape index (κ2) is 8.62. The Kier molecular flexibility index (Phi) is 6.19. The quantitative estimate of drug-likeness (QED) is 0.634. The normalized spacial score (nSPS) is 12.9. The molecule has 0 aliphatic carbocycles. The molecule has 0 bridgehead atoms. The summed E-state index contributed by atoms with van der Waals surface area (Å²) in [5.41, 5.74) is 3.31. The van der Waals surface area contributed by atoms with Crippen molar-refractivity contribution in [2.24, 2.45) is 0 Å². The van der Waals surface area contributed by atoms with Crippen LogP contribution in [0.5, 0.6) is 5.75 Å². The number of carboxylic acid groups (broad SMARTS) is 1. The lowest BCUT2D eigenvalue weighted by Gasteiger charge is -2.09. The van der Waals surface area contributed by atoms with Gasteiger partial charge in [0.2, 0.25) is 0 Å². The fourth-order valence-corrected chi connectivity index (χ4v) is 4.64.